The zero-order valence-electron chi connectivity index (χ0n) is 11.9. The maximum atomic E-state index is 13.8. The van der Waals surface area contributed by atoms with Gasteiger partial charge in [0.25, 0.3) is 10.0 Å². The first-order valence-corrected chi connectivity index (χ1v) is 7.90. The molecule has 112 valence electrons. The van der Waals surface area contributed by atoms with E-state index in [1.807, 2.05) is 13.8 Å². The van der Waals surface area contributed by atoms with Crippen LogP contribution < -0.4 is 10.5 Å². The fourth-order valence-corrected chi connectivity index (χ4v) is 3.07. The minimum absolute atomic E-state index is 0.145. The van der Waals surface area contributed by atoms with Crippen LogP contribution in [0.4, 0.5) is 10.1 Å². The first-order valence-electron chi connectivity index (χ1n) is 6.42. The fraction of sp³-hybridized carbons (Fsp3) is 0.200. The number of nitrogens with two attached hydrogens (primary N) is 1. The Hall–Kier alpha value is -1.92. The van der Waals surface area contributed by atoms with Gasteiger partial charge in [-0.15, -0.1) is 0 Å². The molecule has 0 saturated carbocycles. The third-order valence-electron chi connectivity index (χ3n) is 3.28. The number of rotatable bonds is 4. The van der Waals surface area contributed by atoms with Crippen molar-refractivity contribution < 1.29 is 12.8 Å². The first kappa shape index (κ1) is 15.5. The van der Waals surface area contributed by atoms with Crippen LogP contribution in [0, 0.1) is 19.7 Å². The molecule has 0 saturated heterocycles. The molecular weight excluding hydrogens is 291 g/mol. The molecule has 0 fully saturated rings. The molecule has 2 aromatic carbocycles. The van der Waals surface area contributed by atoms with Gasteiger partial charge in [0.2, 0.25) is 0 Å². The molecule has 0 spiro atoms. The van der Waals surface area contributed by atoms with Crippen LogP contribution in [0.1, 0.15) is 16.7 Å². The second-order valence-electron chi connectivity index (χ2n) is 4.87. The Bertz CT molecular complexity index is 773. The molecule has 2 rings (SSSR count). The summed E-state index contributed by atoms with van der Waals surface area (Å²) in [6.45, 7) is 3.95. The lowest BCUT2D eigenvalue weighted by molar-refractivity contribution is 0.569. The molecule has 0 atom stereocenters. The zero-order valence-corrected chi connectivity index (χ0v) is 12.7. The monoisotopic (exact) mass is 308 g/mol. The number of halogens is 1. The Balaban J connectivity index is 2.40. The molecule has 0 radical (unpaired) electrons. The quantitative estimate of drug-likeness (QED) is 0.912. The molecule has 6 heteroatoms. The van der Waals surface area contributed by atoms with Crippen molar-refractivity contribution in [1.82, 2.24) is 0 Å². The number of aryl methyl sites for hydroxylation is 2. The lowest BCUT2D eigenvalue weighted by atomic mass is 10.1. The predicted molar refractivity (Wildman–Crippen MR) is 81.0 cm³/mol. The van der Waals surface area contributed by atoms with E-state index in [0.717, 1.165) is 17.2 Å². The highest BCUT2D eigenvalue weighted by Crippen LogP contribution is 2.21. The van der Waals surface area contributed by atoms with Crippen molar-refractivity contribution in [3.8, 4) is 0 Å². The maximum absolute atomic E-state index is 13.8. The van der Waals surface area contributed by atoms with Crippen molar-refractivity contribution in [1.29, 1.82) is 0 Å². The summed E-state index contributed by atoms with van der Waals surface area (Å²) in [5.41, 5.74) is 8.42. The summed E-state index contributed by atoms with van der Waals surface area (Å²) in [4.78, 5) is -0.399. The van der Waals surface area contributed by atoms with Crippen molar-refractivity contribution >= 4 is 15.7 Å². The van der Waals surface area contributed by atoms with E-state index in [-0.39, 0.29) is 6.54 Å². The number of sulfonamides is 1. The van der Waals surface area contributed by atoms with Crippen molar-refractivity contribution in [2.75, 3.05) is 4.72 Å². The SMILES string of the molecule is Cc1ccc(NS(=O)(=O)c2cc(CN)ccc2F)cc1C. The molecule has 0 aliphatic carbocycles. The molecule has 21 heavy (non-hydrogen) atoms. The van der Waals surface area contributed by atoms with E-state index in [1.54, 1.807) is 18.2 Å². The third kappa shape index (κ3) is 3.40. The van der Waals surface area contributed by atoms with Gasteiger partial charge in [-0.2, -0.15) is 0 Å². The fourth-order valence-electron chi connectivity index (χ4n) is 1.90. The van der Waals surface area contributed by atoms with E-state index in [9.17, 15) is 12.8 Å². The van der Waals surface area contributed by atoms with Gasteiger partial charge in [0, 0.05) is 12.2 Å². The van der Waals surface area contributed by atoms with Gasteiger partial charge in [-0.05, 0) is 54.8 Å². The number of benzene rings is 2. The second-order valence-corrected chi connectivity index (χ2v) is 6.52. The van der Waals surface area contributed by atoms with Crippen molar-refractivity contribution in [2.45, 2.75) is 25.3 Å². The van der Waals surface area contributed by atoms with E-state index < -0.39 is 20.7 Å². The summed E-state index contributed by atoms with van der Waals surface area (Å²) in [6, 6.07) is 8.97. The average Bonchev–Trinajstić information content (AvgIpc) is 2.43. The van der Waals surface area contributed by atoms with Gasteiger partial charge in [0.05, 0.1) is 0 Å². The van der Waals surface area contributed by atoms with E-state index in [1.165, 1.54) is 12.1 Å². The van der Waals surface area contributed by atoms with Crippen LogP contribution in [0.25, 0.3) is 0 Å². The minimum Gasteiger partial charge on any atom is -0.326 e. The molecular formula is C15H17FN2O2S. The summed E-state index contributed by atoms with van der Waals surface area (Å²) in [5.74, 6) is -0.802. The summed E-state index contributed by atoms with van der Waals surface area (Å²) in [5, 5.41) is 0. The molecule has 2 aromatic rings. The standard InChI is InChI=1S/C15H17FN2O2S/c1-10-3-5-13(7-11(10)2)18-21(19,20)15-8-12(9-17)4-6-14(15)16/h3-8,18H,9,17H2,1-2H3. The van der Waals surface area contributed by atoms with Gasteiger partial charge in [0.1, 0.15) is 10.7 Å². The number of anilines is 1. The van der Waals surface area contributed by atoms with Crippen LogP contribution in [0.3, 0.4) is 0 Å². The molecule has 0 aliphatic heterocycles. The molecule has 0 bridgehead atoms. The summed E-state index contributed by atoms with van der Waals surface area (Å²) in [6.07, 6.45) is 0. The lowest BCUT2D eigenvalue weighted by Crippen LogP contribution is -2.15. The Morgan fingerprint density at radius 2 is 1.81 bits per heavy atom. The Morgan fingerprint density at radius 3 is 2.43 bits per heavy atom. The lowest BCUT2D eigenvalue weighted by Gasteiger charge is -2.11. The van der Waals surface area contributed by atoms with Crippen molar-refractivity contribution in [3.63, 3.8) is 0 Å². The van der Waals surface area contributed by atoms with E-state index in [0.29, 0.717) is 11.3 Å². The van der Waals surface area contributed by atoms with Gasteiger partial charge in [0.15, 0.2) is 0 Å². The van der Waals surface area contributed by atoms with Crippen molar-refractivity contribution in [3.05, 3.63) is 58.9 Å². The molecule has 0 amide bonds. The Morgan fingerprint density at radius 1 is 1.10 bits per heavy atom. The largest absolute Gasteiger partial charge is 0.326 e. The first-order chi connectivity index (χ1) is 9.83. The van der Waals surface area contributed by atoms with Crippen LogP contribution in [-0.4, -0.2) is 8.42 Å². The molecule has 0 aliphatic rings. The highest BCUT2D eigenvalue weighted by atomic mass is 32.2. The molecule has 4 nitrogen and oxygen atoms in total. The summed E-state index contributed by atoms with van der Waals surface area (Å²) >= 11 is 0. The number of hydrogen-bond donors (Lipinski definition) is 2. The van der Waals surface area contributed by atoms with Gasteiger partial charge in [-0.3, -0.25) is 4.72 Å². The topological polar surface area (TPSA) is 72.2 Å². The number of hydrogen-bond acceptors (Lipinski definition) is 3. The van der Waals surface area contributed by atoms with Crippen molar-refractivity contribution in [2.24, 2.45) is 5.73 Å². The predicted octanol–water partition coefficient (Wildman–Crippen LogP) is 2.70. The zero-order chi connectivity index (χ0) is 15.6. The summed E-state index contributed by atoms with van der Waals surface area (Å²) in [7, 11) is -3.99. The third-order valence-corrected chi connectivity index (χ3v) is 4.68. The second kappa shape index (κ2) is 5.83. The average molecular weight is 308 g/mol. The van der Waals surface area contributed by atoms with Crippen LogP contribution in [-0.2, 0) is 16.6 Å². The maximum Gasteiger partial charge on any atom is 0.264 e. The molecule has 0 unspecified atom stereocenters. The van der Waals surface area contributed by atoms with Crippen LogP contribution in [0.15, 0.2) is 41.3 Å². The normalized spacial score (nSPS) is 11.4. The smallest absolute Gasteiger partial charge is 0.264 e. The minimum atomic E-state index is -3.99. The Labute approximate surface area is 123 Å². The van der Waals surface area contributed by atoms with Gasteiger partial charge < -0.3 is 5.73 Å². The van der Waals surface area contributed by atoms with Gasteiger partial charge in [-0.1, -0.05) is 12.1 Å². The Kier molecular flexibility index (Phi) is 4.29. The van der Waals surface area contributed by atoms with Gasteiger partial charge >= 0.3 is 0 Å². The number of nitrogens with one attached hydrogen (secondary N) is 1. The molecule has 0 heterocycles. The van der Waals surface area contributed by atoms with Crippen LogP contribution in [0.5, 0.6) is 0 Å². The van der Waals surface area contributed by atoms with Crippen LogP contribution >= 0.6 is 0 Å². The molecule has 0 aromatic heterocycles. The summed E-state index contributed by atoms with van der Waals surface area (Å²) < 4.78 is 40.8. The van der Waals surface area contributed by atoms with Gasteiger partial charge in [-0.25, -0.2) is 12.8 Å². The van der Waals surface area contributed by atoms with Crippen LogP contribution in [0.2, 0.25) is 0 Å². The van der Waals surface area contributed by atoms with E-state index in [2.05, 4.69) is 4.72 Å². The molecule has 3 N–H and O–H groups in total. The highest BCUT2D eigenvalue weighted by molar-refractivity contribution is 7.92. The highest BCUT2D eigenvalue weighted by Gasteiger charge is 2.19. The van der Waals surface area contributed by atoms with E-state index in [4.69, 9.17) is 5.73 Å². The van der Waals surface area contributed by atoms with E-state index >= 15 is 0 Å².